The Morgan fingerprint density at radius 3 is 2.72 bits per heavy atom. The van der Waals surface area contributed by atoms with Crippen LogP contribution in [0.1, 0.15) is 26.2 Å². The van der Waals surface area contributed by atoms with Crippen molar-refractivity contribution in [1.82, 2.24) is 0 Å². The Morgan fingerprint density at radius 1 is 1.39 bits per heavy atom. The van der Waals surface area contributed by atoms with Crippen LogP contribution in [0.15, 0.2) is 28.7 Å². The molecule has 0 radical (unpaired) electrons. The molecule has 0 aromatic heterocycles. The summed E-state index contributed by atoms with van der Waals surface area (Å²) >= 11 is 3.34. The monoisotopic (exact) mass is 313 g/mol. The van der Waals surface area contributed by atoms with Gasteiger partial charge in [0, 0.05) is 23.5 Å². The summed E-state index contributed by atoms with van der Waals surface area (Å²) in [6, 6.07) is 7.31. The number of rotatable bonds is 2. The van der Waals surface area contributed by atoms with E-state index in [0.717, 1.165) is 23.7 Å². The Bertz CT molecular complexity index is 413. The van der Waals surface area contributed by atoms with Gasteiger partial charge < -0.3 is 9.47 Å². The van der Waals surface area contributed by atoms with Gasteiger partial charge in [-0.3, -0.25) is 5.32 Å². The maximum Gasteiger partial charge on any atom is 0.414 e. The second kappa shape index (κ2) is 5.71. The molecule has 1 heterocycles. The first kappa shape index (κ1) is 13.4. The molecular formula is C13H16BrNO3. The summed E-state index contributed by atoms with van der Waals surface area (Å²) in [5.74, 6) is -0.794. The molecule has 1 saturated heterocycles. The van der Waals surface area contributed by atoms with Crippen LogP contribution in [0.3, 0.4) is 0 Å². The summed E-state index contributed by atoms with van der Waals surface area (Å²) in [6.07, 6.45) is 2.29. The van der Waals surface area contributed by atoms with E-state index >= 15 is 0 Å². The highest BCUT2D eigenvalue weighted by Crippen LogP contribution is 2.26. The van der Waals surface area contributed by atoms with Crippen molar-refractivity contribution in [3.05, 3.63) is 28.7 Å². The molecule has 4 nitrogen and oxygen atoms in total. The van der Waals surface area contributed by atoms with E-state index in [1.807, 2.05) is 12.1 Å². The third-order valence-corrected chi connectivity index (χ3v) is 3.36. The number of carbonyl (C=O) groups is 1. The Balaban J connectivity index is 1.90. The number of amides is 1. The average Bonchev–Trinajstić information content (AvgIpc) is 2.32. The van der Waals surface area contributed by atoms with Gasteiger partial charge in [-0.1, -0.05) is 15.9 Å². The van der Waals surface area contributed by atoms with E-state index in [0.29, 0.717) is 12.3 Å². The zero-order chi connectivity index (χ0) is 13.0. The Kier molecular flexibility index (Phi) is 4.24. The second-order valence-corrected chi connectivity index (χ2v) is 5.38. The predicted molar refractivity (Wildman–Crippen MR) is 72.5 cm³/mol. The minimum absolute atomic E-state index is 0.485. The molecule has 1 N–H and O–H groups in total. The lowest BCUT2D eigenvalue weighted by Crippen LogP contribution is -2.39. The molecule has 1 aromatic carbocycles. The molecule has 1 aliphatic heterocycles. The Labute approximate surface area is 115 Å². The van der Waals surface area contributed by atoms with Gasteiger partial charge in [0.15, 0.2) is 0 Å². The van der Waals surface area contributed by atoms with Crippen LogP contribution in [-0.2, 0) is 9.47 Å². The van der Waals surface area contributed by atoms with E-state index in [4.69, 9.17) is 9.47 Å². The van der Waals surface area contributed by atoms with Crippen molar-refractivity contribution in [1.29, 1.82) is 0 Å². The molecule has 1 aromatic rings. The normalized spacial score (nSPS) is 23.4. The topological polar surface area (TPSA) is 47.6 Å². The van der Waals surface area contributed by atoms with Gasteiger partial charge in [0.1, 0.15) is 0 Å². The summed E-state index contributed by atoms with van der Waals surface area (Å²) in [5, 5.41) is 2.68. The minimum atomic E-state index is -0.794. The molecule has 18 heavy (non-hydrogen) atoms. The fourth-order valence-corrected chi connectivity index (χ4v) is 2.13. The highest BCUT2D eigenvalue weighted by Gasteiger charge is 2.32. The third kappa shape index (κ3) is 3.71. The Morgan fingerprint density at radius 2 is 2.11 bits per heavy atom. The van der Waals surface area contributed by atoms with E-state index < -0.39 is 11.9 Å². The van der Waals surface area contributed by atoms with E-state index in [9.17, 15) is 4.79 Å². The minimum Gasteiger partial charge on any atom is -0.417 e. The summed E-state index contributed by atoms with van der Waals surface area (Å²) in [5.41, 5.74) is 0.697. The van der Waals surface area contributed by atoms with E-state index in [1.54, 1.807) is 19.1 Å². The van der Waals surface area contributed by atoms with Crippen molar-refractivity contribution in [3.63, 3.8) is 0 Å². The number of hydrogen-bond donors (Lipinski definition) is 1. The van der Waals surface area contributed by atoms with Crippen LogP contribution in [0.2, 0.25) is 0 Å². The van der Waals surface area contributed by atoms with Gasteiger partial charge in [0.2, 0.25) is 5.79 Å². The fraction of sp³-hybridized carbons (Fsp3) is 0.462. The molecule has 0 bridgehead atoms. The van der Waals surface area contributed by atoms with Crippen LogP contribution in [0.5, 0.6) is 0 Å². The van der Waals surface area contributed by atoms with Crippen molar-refractivity contribution in [2.75, 3.05) is 11.9 Å². The molecule has 0 saturated carbocycles. The Hall–Kier alpha value is -1.07. The van der Waals surface area contributed by atoms with Gasteiger partial charge in [0.25, 0.3) is 0 Å². The SMILES string of the molecule is CC1(OC(=O)Nc2ccc(Br)cc2)CCCCO1. The summed E-state index contributed by atoms with van der Waals surface area (Å²) in [7, 11) is 0. The summed E-state index contributed by atoms with van der Waals surface area (Å²) < 4.78 is 11.8. The van der Waals surface area contributed by atoms with Gasteiger partial charge in [-0.05, 0) is 37.1 Å². The van der Waals surface area contributed by atoms with Crippen molar-refractivity contribution in [2.45, 2.75) is 32.0 Å². The summed E-state index contributed by atoms with van der Waals surface area (Å²) in [4.78, 5) is 11.7. The second-order valence-electron chi connectivity index (χ2n) is 4.46. The molecule has 1 unspecified atom stereocenters. The van der Waals surface area contributed by atoms with Gasteiger partial charge in [0.05, 0.1) is 6.61 Å². The van der Waals surface area contributed by atoms with Crippen molar-refractivity contribution < 1.29 is 14.3 Å². The lowest BCUT2D eigenvalue weighted by atomic mass is 10.1. The molecule has 1 atom stereocenters. The number of halogens is 1. The number of nitrogens with one attached hydrogen (secondary N) is 1. The maximum absolute atomic E-state index is 11.7. The first-order valence-corrected chi connectivity index (χ1v) is 6.76. The average molecular weight is 314 g/mol. The van der Waals surface area contributed by atoms with Crippen LogP contribution >= 0.6 is 15.9 Å². The number of benzene rings is 1. The molecule has 1 amide bonds. The lowest BCUT2D eigenvalue weighted by molar-refractivity contribution is -0.207. The zero-order valence-electron chi connectivity index (χ0n) is 10.2. The van der Waals surface area contributed by atoms with E-state index in [-0.39, 0.29) is 0 Å². The number of ether oxygens (including phenoxy) is 2. The van der Waals surface area contributed by atoms with Crippen LogP contribution < -0.4 is 5.32 Å². The molecule has 2 rings (SSSR count). The number of anilines is 1. The molecule has 0 spiro atoms. The first-order valence-electron chi connectivity index (χ1n) is 5.97. The first-order chi connectivity index (χ1) is 8.57. The number of hydrogen-bond acceptors (Lipinski definition) is 3. The quantitative estimate of drug-likeness (QED) is 0.900. The number of carbonyl (C=O) groups excluding carboxylic acids is 1. The van der Waals surface area contributed by atoms with Crippen molar-refractivity contribution >= 4 is 27.7 Å². The summed E-state index contributed by atoms with van der Waals surface area (Å²) in [6.45, 7) is 2.44. The smallest absolute Gasteiger partial charge is 0.414 e. The molecular weight excluding hydrogens is 298 g/mol. The molecule has 5 heteroatoms. The highest BCUT2D eigenvalue weighted by molar-refractivity contribution is 9.10. The van der Waals surface area contributed by atoms with Crippen LogP contribution in [0, 0.1) is 0 Å². The van der Waals surface area contributed by atoms with Crippen molar-refractivity contribution in [2.24, 2.45) is 0 Å². The van der Waals surface area contributed by atoms with E-state index in [1.165, 1.54) is 0 Å². The highest BCUT2D eigenvalue weighted by atomic mass is 79.9. The van der Waals surface area contributed by atoms with Crippen molar-refractivity contribution in [3.8, 4) is 0 Å². The van der Waals surface area contributed by atoms with Gasteiger partial charge >= 0.3 is 6.09 Å². The molecule has 0 aliphatic carbocycles. The van der Waals surface area contributed by atoms with Gasteiger partial charge in [-0.15, -0.1) is 0 Å². The van der Waals surface area contributed by atoms with Crippen LogP contribution in [-0.4, -0.2) is 18.5 Å². The fourth-order valence-electron chi connectivity index (χ4n) is 1.86. The van der Waals surface area contributed by atoms with Gasteiger partial charge in [-0.25, -0.2) is 4.79 Å². The van der Waals surface area contributed by atoms with Crippen LogP contribution in [0.4, 0.5) is 10.5 Å². The largest absolute Gasteiger partial charge is 0.417 e. The zero-order valence-corrected chi connectivity index (χ0v) is 11.8. The van der Waals surface area contributed by atoms with Crippen LogP contribution in [0.25, 0.3) is 0 Å². The van der Waals surface area contributed by atoms with E-state index in [2.05, 4.69) is 21.2 Å². The molecule has 1 aliphatic rings. The maximum atomic E-state index is 11.7. The predicted octanol–water partition coefficient (Wildman–Crippen LogP) is 3.91. The standard InChI is InChI=1S/C13H16BrNO3/c1-13(8-2-3-9-17-13)18-12(16)15-11-6-4-10(14)5-7-11/h4-7H,2-3,8-9H2,1H3,(H,15,16). The molecule has 98 valence electrons. The van der Waals surface area contributed by atoms with Gasteiger partial charge in [-0.2, -0.15) is 0 Å². The molecule has 1 fully saturated rings. The third-order valence-electron chi connectivity index (χ3n) is 2.83. The lowest BCUT2D eigenvalue weighted by Gasteiger charge is -2.32.